The van der Waals surface area contributed by atoms with Crippen molar-refractivity contribution in [2.45, 2.75) is 31.7 Å². The molecule has 22 heavy (non-hydrogen) atoms. The highest BCUT2D eigenvalue weighted by molar-refractivity contribution is 6.30. The second-order valence-corrected chi connectivity index (χ2v) is 6.52. The maximum Gasteiger partial charge on any atom is 0.233 e. The van der Waals surface area contributed by atoms with Gasteiger partial charge in [-0.1, -0.05) is 30.7 Å². The second-order valence-electron chi connectivity index (χ2n) is 6.09. The number of rotatable bonds is 6. The Kier molecular flexibility index (Phi) is 6.68. The normalized spacial score (nSPS) is 18.1. The lowest BCUT2D eigenvalue weighted by Gasteiger charge is -2.32. The van der Waals surface area contributed by atoms with Crippen LogP contribution in [-0.4, -0.2) is 50.1 Å². The van der Waals surface area contributed by atoms with E-state index in [9.17, 15) is 4.79 Å². The van der Waals surface area contributed by atoms with E-state index in [1.165, 1.54) is 5.56 Å². The fraction of sp³-hybridized carbons (Fsp3) is 0.588. The summed E-state index contributed by atoms with van der Waals surface area (Å²) < 4.78 is 0. The molecule has 1 aliphatic heterocycles. The van der Waals surface area contributed by atoms with Crippen LogP contribution < -0.4 is 10.6 Å². The van der Waals surface area contributed by atoms with Crippen molar-refractivity contribution in [1.29, 1.82) is 0 Å². The largest absolute Gasteiger partial charge is 0.358 e. The van der Waals surface area contributed by atoms with Gasteiger partial charge in [0.25, 0.3) is 0 Å². The molecule has 1 unspecified atom stereocenters. The lowest BCUT2D eigenvalue weighted by atomic mass is 9.99. The molecule has 1 atom stereocenters. The smallest absolute Gasteiger partial charge is 0.233 e. The quantitative estimate of drug-likeness (QED) is 0.844. The highest BCUT2D eigenvalue weighted by Crippen LogP contribution is 2.19. The molecule has 122 valence electrons. The van der Waals surface area contributed by atoms with E-state index in [-0.39, 0.29) is 5.91 Å². The van der Waals surface area contributed by atoms with Crippen LogP contribution in [0.4, 0.5) is 0 Å². The molecule has 2 rings (SSSR count). The summed E-state index contributed by atoms with van der Waals surface area (Å²) in [6.07, 6.45) is 2.19. The molecule has 0 radical (unpaired) electrons. The third-order valence-corrected chi connectivity index (χ3v) is 4.60. The van der Waals surface area contributed by atoms with Crippen molar-refractivity contribution < 1.29 is 4.79 Å². The Hall–Kier alpha value is -1.10. The van der Waals surface area contributed by atoms with Crippen molar-refractivity contribution in [2.24, 2.45) is 0 Å². The minimum absolute atomic E-state index is 0.0981. The maximum absolute atomic E-state index is 11.4. The SMILES string of the molecule is CNC(=O)CN1CCC(NCC(C)c2cccc(Cl)c2)CC1. The van der Waals surface area contributed by atoms with Crippen molar-refractivity contribution in [1.82, 2.24) is 15.5 Å². The van der Waals surface area contributed by atoms with Crippen molar-refractivity contribution in [3.05, 3.63) is 34.9 Å². The van der Waals surface area contributed by atoms with E-state index >= 15 is 0 Å². The molecule has 4 nitrogen and oxygen atoms in total. The number of hydrogen-bond donors (Lipinski definition) is 2. The van der Waals surface area contributed by atoms with E-state index in [0.717, 1.165) is 37.5 Å². The Labute approximate surface area is 138 Å². The molecule has 1 amide bonds. The third-order valence-electron chi connectivity index (χ3n) is 4.36. The first kappa shape index (κ1) is 17.3. The van der Waals surface area contributed by atoms with E-state index in [0.29, 0.717) is 18.5 Å². The van der Waals surface area contributed by atoms with Gasteiger partial charge in [0.2, 0.25) is 5.91 Å². The van der Waals surface area contributed by atoms with Crippen LogP contribution in [0.3, 0.4) is 0 Å². The molecule has 1 aromatic rings. The number of hydrogen-bond acceptors (Lipinski definition) is 3. The van der Waals surface area contributed by atoms with Crippen LogP contribution in [0.25, 0.3) is 0 Å². The van der Waals surface area contributed by atoms with E-state index in [4.69, 9.17) is 11.6 Å². The highest BCUT2D eigenvalue weighted by atomic mass is 35.5. The zero-order valence-corrected chi connectivity index (χ0v) is 14.2. The minimum atomic E-state index is 0.0981. The third kappa shape index (κ3) is 5.27. The predicted octanol–water partition coefficient (Wildman–Crippen LogP) is 2.24. The van der Waals surface area contributed by atoms with Crippen LogP contribution in [0.5, 0.6) is 0 Å². The molecule has 1 fully saturated rings. The summed E-state index contributed by atoms with van der Waals surface area (Å²) in [6, 6.07) is 8.63. The summed E-state index contributed by atoms with van der Waals surface area (Å²) in [5, 5.41) is 7.13. The van der Waals surface area contributed by atoms with Gasteiger partial charge in [-0.3, -0.25) is 9.69 Å². The maximum atomic E-state index is 11.4. The number of carbonyl (C=O) groups excluding carboxylic acids is 1. The molecule has 5 heteroatoms. The molecule has 0 saturated carbocycles. The average molecular weight is 324 g/mol. The molecule has 0 aromatic heterocycles. The highest BCUT2D eigenvalue weighted by Gasteiger charge is 2.20. The van der Waals surface area contributed by atoms with Crippen molar-refractivity contribution in [3.63, 3.8) is 0 Å². The number of benzene rings is 1. The first-order chi connectivity index (χ1) is 10.6. The van der Waals surface area contributed by atoms with Crippen LogP contribution in [0, 0.1) is 0 Å². The van der Waals surface area contributed by atoms with Crippen LogP contribution in [0.2, 0.25) is 5.02 Å². The molecule has 1 heterocycles. The lowest BCUT2D eigenvalue weighted by Crippen LogP contribution is -2.46. The van der Waals surface area contributed by atoms with E-state index in [1.54, 1.807) is 7.05 Å². The second kappa shape index (κ2) is 8.51. The Morgan fingerprint density at radius 1 is 1.41 bits per heavy atom. The van der Waals surface area contributed by atoms with Crippen LogP contribution in [0.1, 0.15) is 31.2 Å². The summed E-state index contributed by atoms with van der Waals surface area (Å²) in [4.78, 5) is 13.6. The van der Waals surface area contributed by atoms with Gasteiger partial charge in [-0.2, -0.15) is 0 Å². The summed E-state index contributed by atoms with van der Waals surface area (Å²) in [7, 11) is 1.69. The lowest BCUT2D eigenvalue weighted by molar-refractivity contribution is -0.122. The van der Waals surface area contributed by atoms with E-state index in [2.05, 4.69) is 28.5 Å². The zero-order chi connectivity index (χ0) is 15.9. The fourth-order valence-corrected chi connectivity index (χ4v) is 3.05. The van der Waals surface area contributed by atoms with Crippen molar-refractivity contribution in [3.8, 4) is 0 Å². The minimum Gasteiger partial charge on any atom is -0.358 e. The first-order valence-corrected chi connectivity index (χ1v) is 8.38. The number of piperidine rings is 1. The topological polar surface area (TPSA) is 44.4 Å². The van der Waals surface area contributed by atoms with Gasteiger partial charge in [0.15, 0.2) is 0 Å². The number of amides is 1. The van der Waals surface area contributed by atoms with Gasteiger partial charge in [0.05, 0.1) is 6.54 Å². The number of halogens is 1. The Morgan fingerprint density at radius 2 is 2.14 bits per heavy atom. The number of nitrogens with one attached hydrogen (secondary N) is 2. The summed E-state index contributed by atoms with van der Waals surface area (Å²) in [6.45, 7) is 5.66. The fourth-order valence-electron chi connectivity index (χ4n) is 2.85. The molecule has 0 spiro atoms. The molecular weight excluding hydrogens is 298 g/mol. The Balaban J connectivity index is 1.71. The average Bonchev–Trinajstić information content (AvgIpc) is 2.53. The van der Waals surface area contributed by atoms with Crippen molar-refractivity contribution in [2.75, 3.05) is 33.2 Å². The van der Waals surface area contributed by atoms with Crippen molar-refractivity contribution >= 4 is 17.5 Å². The standard InChI is InChI=1S/C17H26ClN3O/c1-13(14-4-3-5-15(18)10-14)11-20-16-6-8-21(9-7-16)12-17(22)19-2/h3-5,10,13,16,20H,6-9,11-12H2,1-2H3,(H,19,22). The molecule has 0 bridgehead atoms. The van der Waals surface area contributed by atoms with Gasteiger partial charge < -0.3 is 10.6 Å². The first-order valence-electron chi connectivity index (χ1n) is 8.00. The monoisotopic (exact) mass is 323 g/mol. The van der Waals surface area contributed by atoms with Gasteiger partial charge in [-0.25, -0.2) is 0 Å². The number of nitrogens with zero attached hydrogens (tertiary/aromatic N) is 1. The molecular formula is C17H26ClN3O. The van der Waals surface area contributed by atoms with Crippen LogP contribution in [0.15, 0.2) is 24.3 Å². The molecule has 2 N–H and O–H groups in total. The summed E-state index contributed by atoms with van der Waals surface area (Å²) >= 11 is 6.05. The molecule has 0 aliphatic carbocycles. The Morgan fingerprint density at radius 3 is 2.77 bits per heavy atom. The van der Waals surface area contributed by atoms with Crippen LogP contribution >= 0.6 is 11.6 Å². The van der Waals surface area contributed by atoms with E-state index < -0.39 is 0 Å². The van der Waals surface area contributed by atoms with Crippen LogP contribution in [-0.2, 0) is 4.79 Å². The molecule has 1 saturated heterocycles. The van der Waals surface area contributed by atoms with Gasteiger partial charge in [-0.05, 0) is 36.5 Å². The predicted molar refractivity (Wildman–Crippen MR) is 91.4 cm³/mol. The van der Waals surface area contributed by atoms with Gasteiger partial charge in [-0.15, -0.1) is 0 Å². The number of likely N-dealkylation sites (N-methyl/N-ethyl adjacent to an activating group) is 1. The van der Waals surface area contributed by atoms with Gasteiger partial charge in [0, 0.05) is 37.7 Å². The molecule has 1 aromatic carbocycles. The summed E-state index contributed by atoms with van der Waals surface area (Å²) in [5.41, 5.74) is 1.28. The number of carbonyl (C=O) groups is 1. The molecule has 1 aliphatic rings. The van der Waals surface area contributed by atoms with Gasteiger partial charge in [0.1, 0.15) is 0 Å². The zero-order valence-electron chi connectivity index (χ0n) is 13.4. The Bertz CT molecular complexity index is 487. The van der Waals surface area contributed by atoms with Gasteiger partial charge >= 0.3 is 0 Å². The van der Waals surface area contributed by atoms with E-state index in [1.807, 2.05) is 18.2 Å². The number of likely N-dealkylation sites (tertiary alicyclic amines) is 1. The summed E-state index contributed by atoms with van der Waals surface area (Å²) in [5.74, 6) is 0.545.